The zero-order chi connectivity index (χ0) is 21.0. The Morgan fingerprint density at radius 3 is 2.75 bits per heavy atom. The van der Waals surface area contributed by atoms with Crippen molar-refractivity contribution in [2.75, 3.05) is 13.2 Å². The monoisotopic (exact) mass is 397 g/mol. The average Bonchev–Trinajstić information content (AvgIpc) is 2.63. The van der Waals surface area contributed by atoms with Crippen LogP contribution in [0.4, 0.5) is 0 Å². The van der Waals surface area contributed by atoms with E-state index in [2.05, 4.69) is 30.9 Å². The van der Waals surface area contributed by atoms with Gasteiger partial charge in [0, 0.05) is 6.07 Å². The van der Waals surface area contributed by atoms with Crippen molar-refractivity contribution in [3.63, 3.8) is 0 Å². The summed E-state index contributed by atoms with van der Waals surface area (Å²) in [6, 6.07) is 3.28. The highest BCUT2D eigenvalue weighted by atomic mass is 16.9. The molecule has 1 aromatic heterocycles. The first-order valence-electron chi connectivity index (χ1n) is 9.45. The van der Waals surface area contributed by atoms with Gasteiger partial charge in [0.05, 0.1) is 13.0 Å². The van der Waals surface area contributed by atoms with Crippen LogP contribution in [-0.4, -0.2) is 35.3 Å². The maximum Gasteiger partial charge on any atom is 0.475 e. The van der Waals surface area contributed by atoms with E-state index in [1.165, 1.54) is 0 Å². The van der Waals surface area contributed by atoms with Crippen LogP contribution >= 0.6 is 0 Å². The van der Waals surface area contributed by atoms with E-state index in [0.717, 1.165) is 25.7 Å². The van der Waals surface area contributed by atoms with E-state index in [1.54, 1.807) is 29.1 Å². The fraction of sp³-hybridized carbons (Fsp3) is 0.632. The average molecular weight is 397 g/mol. The third-order valence-corrected chi connectivity index (χ3v) is 4.16. The van der Waals surface area contributed by atoms with Crippen molar-refractivity contribution in [3.8, 4) is 0 Å². The number of hydrogen-bond acceptors (Lipinski definition) is 5. The number of amides is 1. The molecule has 2 N–H and O–H groups in total. The number of rotatable bonds is 13. The Kier molecular flexibility index (Phi) is 9.91. The number of carbonyl (C=O) groups excluding carboxylic acids is 2. The molecule has 0 bridgehead atoms. The smallest absolute Gasteiger partial charge is 0.405 e. The van der Waals surface area contributed by atoms with E-state index in [4.69, 9.17) is 9.94 Å². The lowest BCUT2D eigenvalue weighted by molar-refractivity contribution is -0.975. The Labute approximate surface area is 165 Å². The van der Waals surface area contributed by atoms with Crippen molar-refractivity contribution in [2.24, 2.45) is 5.41 Å². The molecule has 1 amide bonds. The second-order valence-electron chi connectivity index (χ2n) is 7.38. The molecule has 0 fully saturated rings. The number of pyridine rings is 1. The largest absolute Gasteiger partial charge is 0.475 e. The summed E-state index contributed by atoms with van der Waals surface area (Å²) < 4.78 is 6.93. The highest BCUT2D eigenvalue weighted by molar-refractivity contribution is 5.93. The Morgan fingerprint density at radius 2 is 2.07 bits per heavy atom. The van der Waals surface area contributed by atoms with Gasteiger partial charge in [-0.3, -0.25) is 9.59 Å². The third-order valence-electron chi connectivity index (χ3n) is 4.16. The van der Waals surface area contributed by atoms with Crippen LogP contribution in [-0.2, 0) is 21.1 Å². The molecule has 0 saturated carbocycles. The van der Waals surface area contributed by atoms with Gasteiger partial charge in [-0.2, -0.15) is 9.40 Å². The van der Waals surface area contributed by atoms with Gasteiger partial charge in [0.15, 0.2) is 19.0 Å². The van der Waals surface area contributed by atoms with Gasteiger partial charge in [-0.1, -0.05) is 40.0 Å². The van der Waals surface area contributed by atoms with Gasteiger partial charge in [0.25, 0.3) is 12.6 Å². The van der Waals surface area contributed by atoms with Crippen LogP contribution in [0.3, 0.4) is 0 Å². The van der Waals surface area contributed by atoms with Gasteiger partial charge < -0.3 is 10.1 Å². The lowest BCUT2D eigenvalue weighted by atomic mass is 9.84. The molecule has 0 aliphatic rings. The molecule has 0 aromatic carbocycles. The minimum Gasteiger partial charge on any atom is -0.405 e. The Hall–Kier alpha value is -2.71. The van der Waals surface area contributed by atoms with Crippen molar-refractivity contribution in [1.29, 1.82) is 0 Å². The minimum absolute atomic E-state index is 0.0176. The lowest BCUT2D eigenvalue weighted by Crippen LogP contribution is -2.38. The molecule has 0 aliphatic heterocycles. The maximum absolute atomic E-state index is 12.1. The number of ether oxygens (including phenoxy) is 1. The second kappa shape index (κ2) is 11.9. The van der Waals surface area contributed by atoms with Crippen LogP contribution < -0.4 is 9.88 Å². The Bertz CT molecular complexity index is 663. The van der Waals surface area contributed by atoms with E-state index in [-0.39, 0.29) is 37.2 Å². The molecule has 9 nitrogen and oxygen atoms in total. The van der Waals surface area contributed by atoms with Crippen LogP contribution in [0.5, 0.6) is 0 Å². The third kappa shape index (κ3) is 9.84. The number of carbonyl (C=O) groups is 2. The number of esters is 1. The Morgan fingerprint density at radius 1 is 1.32 bits per heavy atom. The molecule has 0 saturated heterocycles. The molecule has 0 unspecified atom stereocenters. The number of aromatic nitrogens is 1. The Balaban J connectivity index is 2.46. The van der Waals surface area contributed by atoms with Crippen molar-refractivity contribution in [1.82, 2.24) is 5.32 Å². The van der Waals surface area contributed by atoms with Crippen molar-refractivity contribution >= 4 is 11.9 Å². The summed E-state index contributed by atoms with van der Waals surface area (Å²) in [6.45, 7) is 6.18. The number of nitrogens with zero attached hydrogens (tertiary/aromatic N) is 2. The maximum atomic E-state index is 12.1. The van der Waals surface area contributed by atoms with Gasteiger partial charge in [-0.15, -0.1) is 0 Å². The fourth-order valence-corrected chi connectivity index (χ4v) is 2.66. The van der Waals surface area contributed by atoms with Crippen LogP contribution in [0.15, 0.2) is 24.5 Å². The molecule has 0 aliphatic carbocycles. The summed E-state index contributed by atoms with van der Waals surface area (Å²) in [7, 11) is 0. The predicted octanol–water partition coefficient (Wildman–Crippen LogP) is 2.30. The summed E-state index contributed by atoms with van der Waals surface area (Å²) in [4.78, 5) is 38.6. The van der Waals surface area contributed by atoms with E-state index < -0.39 is 5.09 Å². The molecular weight excluding hydrogens is 366 g/mol. The first kappa shape index (κ1) is 23.3. The van der Waals surface area contributed by atoms with E-state index in [9.17, 15) is 14.5 Å². The molecule has 0 atom stereocenters. The topological polar surface area (TPSA) is 109 Å². The molecular formula is C19H31N3O6+2. The normalized spacial score (nSPS) is 11.0. The first-order valence-corrected chi connectivity index (χ1v) is 9.45. The minimum atomic E-state index is -0.665. The van der Waals surface area contributed by atoms with Crippen LogP contribution in [0.25, 0.3) is 0 Å². The molecule has 1 heterocycles. The standard InChI is InChI=1S/C19H30N3O6/c1-4-5-6-9-19(2,3)13-17(23)27-15-21-11-7-8-16(14-21)18(24)20-10-12-28-22(25)26/h7-8,11,14H,4-6,9-10,12-13,15H2,1-3H3,(H-,20,24,25,26)/q+1/p+1. The summed E-state index contributed by atoms with van der Waals surface area (Å²) in [5, 5.41) is 10.2. The van der Waals surface area contributed by atoms with Crippen molar-refractivity contribution < 1.29 is 34.0 Å². The first-order chi connectivity index (χ1) is 13.2. The van der Waals surface area contributed by atoms with Crippen LogP contribution in [0, 0.1) is 10.3 Å². The van der Waals surface area contributed by atoms with Gasteiger partial charge >= 0.3 is 11.1 Å². The van der Waals surface area contributed by atoms with E-state index in [0.29, 0.717) is 12.0 Å². The molecule has 0 spiro atoms. The fourth-order valence-electron chi connectivity index (χ4n) is 2.66. The molecule has 28 heavy (non-hydrogen) atoms. The summed E-state index contributed by atoms with van der Waals surface area (Å²) >= 11 is 0. The molecule has 156 valence electrons. The summed E-state index contributed by atoms with van der Waals surface area (Å²) in [6.07, 6.45) is 7.97. The quantitative estimate of drug-likeness (QED) is 0.229. The van der Waals surface area contributed by atoms with Gasteiger partial charge in [-0.05, 0) is 17.9 Å². The van der Waals surface area contributed by atoms with Gasteiger partial charge in [0.1, 0.15) is 10.5 Å². The molecule has 0 radical (unpaired) electrons. The summed E-state index contributed by atoms with van der Waals surface area (Å²) in [5.41, 5.74) is 0.260. The molecule has 9 heteroatoms. The second-order valence-corrected chi connectivity index (χ2v) is 7.38. The van der Waals surface area contributed by atoms with Gasteiger partial charge in [-0.25, -0.2) is 5.21 Å². The zero-order valence-electron chi connectivity index (χ0n) is 16.8. The predicted molar refractivity (Wildman–Crippen MR) is 99.0 cm³/mol. The van der Waals surface area contributed by atoms with E-state index >= 15 is 0 Å². The SMILES string of the molecule is CCCCCC(C)(C)CC(=O)OC[n+]1cccc(C(=O)NCCO[N+](=O)O)c1. The van der Waals surface area contributed by atoms with Crippen molar-refractivity contribution in [3.05, 3.63) is 35.0 Å². The number of unbranched alkanes of at least 4 members (excludes halogenated alkanes) is 2. The highest BCUT2D eigenvalue weighted by Crippen LogP contribution is 2.28. The van der Waals surface area contributed by atoms with Crippen molar-refractivity contribution in [2.45, 2.75) is 59.6 Å². The number of hydrogen-bond donors (Lipinski definition) is 2. The van der Waals surface area contributed by atoms with Crippen LogP contribution in [0.1, 0.15) is 63.2 Å². The molecule has 1 aromatic rings. The molecule has 1 rings (SSSR count). The lowest BCUT2D eigenvalue weighted by Gasteiger charge is -2.22. The van der Waals surface area contributed by atoms with E-state index in [1.807, 2.05) is 0 Å². The van der Waals surface area contributed by atoms with Gasteiger partial charge in [0.2, 0.25) is 0 Å². The zero-order valence-corrected chi connectivity index (χ0v) is 16.8. The number of nitrogens with one attached hydrogen (secondary N) is 1. The van der Waals surface area contributed by atoms with Crippen LogP contribution in [0.2, 0.25) is 0 Å². The highest BCUT2D eigenvalue weighted by Gasteiger charge is 2.23. The summed E-state index contributed by atoms with van der Waals surface area (Å²) in [5.74, 6) is -0.649.